The van der Waals surface area contributed by atoms with Crippen molar-refractivity contribution in [3.63, 3.8) is 0 Å². The number of alkyl halides is 3. The van der Waals surface area contributed by atoms with Crippen molar-refractivity contribution < 1.29 is 18.0 Å². The molecule has 25 heavy (non-hydrogen) atoms. The van der Waals surface area contributed by atoms with Crippen LogP contribution >= 0.6 is 0 Å². The molecule has 0 radical (unpaired) electrons. The molecule has 1 saturated heterocycles. The smallest absolute Gasteiger partial charge is 0.346 e. The van der Waals surface area contributed by atoms with E-state index in [4.69, 9.17) is 0 Å². The van der Waals surface area contributed by atoms with Gasteiger partial charge in [0, 0.05) is 31.5 Å². The predicted molar refractivity (Wildman–Crippen MR) is 81.8 cm³/mol. The summed E-state index contributed by atoms with van der Waals surface area (Å²) in [5.41, 5.74) is -0.743. The molecule has 10 heteroatoms. The van der Waals surface area contributed by atoms with Gasteiger partial charge in [0.2, 0.25) is 5.95 Å². The fraction of sp³-hybridized carbons (Fsp3) is 0.400. The lowest BCUT2D eigenvalue weighted by atomic mass is 10.1. The SMILES string of the molecule is O=C(NC1CCCN(c2nccc(C(F)(F)F)n2)C1)c1ccncn1. The van der Waals surface area contributed by atoms with Crippen LogP contribution in [0.4, 0.5) is 19.1 Å². The van der Waals surface area contributed by atoms with E-state index in [2.05, 4.69) is 25.3 Å². The lowest BCUT2D eigenvalue weighted by Gasteiger charge is -2.33. The van der Waals surface area contributed by atoms with Crippen molar-refractivity contribution >= 4 is 11.9 Å². The van der Waals surface area contributed by atoms with E-state index in [1.165, 1.54) is 18.6 Å². The largest absolute Gasteiger partial charge is 0.433 e. The van der Waals surface area contributed by atoms with Crippen LogP contribution in [0.3, 0.4) is 0 Å². The maximum atomic E-state index is 12.8. The topological polar surface area (TPSA) is 83.9 Å². The number of aromatic nitrogens is 4. The second kappa shape index (κ2) is 6.99. The van der Waals surface area contributed by atoms with Gasteiger partial charge in [-0.1, -0.05) is 0 Å². The van der Waals surface area contributed by atoms with Crippen molar-refractivity contribution in [1.29, 1.82) is 0 Å². The Hall–Kier alpha value is -2.78. The summed E-state index contributed by atoms with van der Waals surface area (Å²) in [7, 11) is 0. The van der Waals surface area contributed by atoms with Gasteiger partial charge in [-0.3, -0.25) is 4.79 Å². The molecule has 0 aliphatic carbocycles. The Labute approximate surface area is 141 Å². The number of halogens is 3. The fourth-order valence-corrected chi connectivity index (χ4v) is 2.62. The number of anilines is 1. The van der Waals surface area contributed by atoms with Gasteiger partial charge >= 0.3 is 6.18 Å². The highest BCUT2D eigenvalue weighted by Crippen LogP contribution is 2.28. The highest BCUT2D eigenvalue weighted by molar-refractivity contribution is 5.92. The second-order valence-electron chi connectivity index (χ2n) is 5.59. The maximum absolute atomic E-state index is 12.8. The van der Waals surface area contributed by atoms with Crippen molar-refractivity contribution in [3.8, 4) is 0 Å². The summed E-state index contributed by atoms with van der Waals surface area (Å²) in [6, 6.07) is 2.10. The Bertz CT molecular complexity index is 740. The number of rotatable bonds is 3. The van der Waals surface area contributed by atoms with E-state index in [1.54, 1.807) is 4.90 Å². The number of nitrogens with zero attached hydrogens (tertiary/aromatic N) is 5. The van der Waals surface area contributed by atoms with Gasteiger partial charge in [-0.2, -0.15) is 13.2 Å². The number of hydrogen-bond acceptors (Lipinski definition) is 6. The summed E-state index contributed by atoms with van der Waals surface area (Å²) in [4.78, 5) is 28.9. The molecule has 7 nitrogen and oxygen atoms in total. The molecule has 1 atom stereocenters. The summed E-state index contributed by atoms with van der Waals surface area (Å²) < 4.78 is 38.4. The van der Waals surface area contributed by atoms with Gasteiger partial charge in [0.25, 0.3) is 5.91 Å². The molecular formula is C15H15F3N6O. The highest BCUT2D eigenvalue weighted by atomic mass is 19.4. The first-order valence-electron chi connectivity index (χ1n) is 7.65. The predicted octanol–water partition coefficient (Wildman–Crippen LogP) is 1.68. The van der Waals surface area contributed by atoms with E-state index in [-0.39, 0.29) is 23.6 Å². The van der Waals surface area contributed by atoms with Gasteiger partial charge in [-0.05, 0) is 25.0 Å². The van der Waals surface area contributed by atoms with Crippen LogP contribution in [0.1, 0.15) is 29.0 Å². The van der Waals surface area contributed by atoms with Crippen LogP contribution in [0.5, 0.6) is 0 Å². The molecule has 1 aliphatic rings. The average molecular weight is 352 g/mol. The van der Waals surface area contributed by atoms with E-state index >= 15 is 0 Å². The first kappa shape index (κ1) is 17.1. The molecule has 3 heterocycles. The molecule has 0 aromatic carbocycles. The first-order valence-corrected chi connectivity index (χ1v) is 7.65. The quantitative estimate of drug-likeness (QED) is 0.905. The second-order valence-corrected chi connectivity index (χ2v) is 5.59. The van der Waals surface area contributed by atoms with Crippen molar-refractivity contribution in [2.24, 2.45) is 0 Å². The molecule has 2 aromatic rings. The van der Waals surface area contributed by atoms with Crippen molar-refractivity contribution in [1.82, 2.24) is 25.3 Å². The van der Waals surface area contributed by atoms with Gasteiger partial charge in [-0.25, -0.2) is 19.9 Å². The molecule has 1 amide bonds. The molecule has 132 valence electrons. The molecule has 1 aliphatic heterocycles. The van der Waals surface area contributed by atoms with Crippen molar-refractivity contribution in [2.45, 2.75) is 25.1 Å². The van der Waals surface area contributed by atoms with Gasteiger partial charge in [0.05, 0.1) is 0 Å². The maximum Gasteiger partial charge on any atom is 0.433 e. The minimum atomic E-state index is -4.52. The molecule has 1 unspecified atom stereocenters. The van der Waals surface area contributed by atoms with Crippen LogP contribution in [0.2, 0.25) is 0 Å². The summed E-state index contributed by atoms with van der Waals surface area (Å²) in [5.74, 6) is -0.338. The number of nitrogens with one attached hydrogen (secondary N) is 1. The van der Waals surface area contributed by atoms with Gasteiger partial charge in [0.1, 0.15) is 17.7 Å². The van der Waals surface area contributed by atoms with Gasteiger partial charge in [-0.15, -0.1) is 0 Å². The zero-order chi connectivity index (χ0) is 17.9. The minimum absolute atomic E-state index is 0.0100. The third kappa shape index (κ3) is 4.20. The number of carbonyl (C=O) groups is 1. The molecule has 3 rings (SSSR count). The molecule has 1 N–H and O–H groups in total. The van der Waals surface area contributed by atoms with Crippen LogP contribution < -0.4 is 10.2 Å². The van der Waals surface area contributed by atoms with E-state index in [0.717, 1.165) is 12.3 Å². The Balaban J connectivity index is 1.68. The van der Waals surface area contributed by atoms with E-state index in [9.17, 15) is 18.0 Å². The standard InChI is InChI=1S/C15H15F3N6O/c16-15(17,18)12-4-6-20-14(23-12)24-7-1-2-10(8-24)22-13(25)11-3-5-19-9-21-11/h3-6,9-10H,1-2,7-8H2,(H,22,25). The third-order valence-corrected chi connectivity index (χ3v) is 3.79. The summed E-state index contributed by atoms with van der Waals surface area (Å²) in [6.45, 7) is 0.860. The lowest BCUT2D eigenvalue weighted by molar-refractivity contribution is -0.141. The Kier molecular flexibility index (Phi) is 4.77. The molecular weight excluding hydrogens is 337 g/mol. The van der Waals surface area contributed by atoms with Crippen LogP contribution in [0.25, 0.3) is 0 Å². The molecule has 0 spiro atoms. The number of carbonyl (C=O) groups excluding carboxylic acids is 1. The Morgan fingerprint density at radius 3 is 2.80 bits per heavy atom. The van der Waals surface area contributed by atoms with E-state index < -0.39 is 11.9 Å². The molecule has 0 bridgehead atoms. The number of amides is 1. The van der Waals surface area contributed by atoms with Crippen molar-refractivity contribution in [3.05, 3.63) is 42.2 Å². The molecule has 0 saturated carbocycles. The van der Waals surface area contributed by atoms with E-state index in [1.807, 2.05) is 0 Å². The van der Waals surface area contributed by atoms with E-state index in [0.29, 0.717) is 25.9 Å². The molecule has 1 fully saturated rings. The summed E-state index contributed by atoms with van der Waals surface area (Å²) >= 11 is 0. The van der Waals surface area contributed by atoms with Crippen LogP contribution in [0.15, 0.2) is 30.9 Å². The number of piperidine rings is 1. The number of hydrogen-bond donors (Lipinski definition) is 1. The average Bonchev–Trinajstić information content (AvgIpc) is 2.62. The third-order valence-electron chi connectivity index (χ3n) is 3.79. The molecule has 2 aromatic heterocycles. The first-order chi connectivity index (χ1) is 11.9. The summed E-state index contributed by atoms with van der Waals surface area (Å²) in [5, 5.41) is 2.83. The van der Waals surface area contributed by atoms with Crippen molar-refractivity contribution in [2.75, 3.05) is 18.0 Å². The summed E-state index contributed by atoms with van der Waals surface area (Å²) in [6.07, 6.45) is 0.729. The van der Waals surface area contributed by atoms with Crippen LogP contribution in [0, 0.1) is 0 Å². The zero-order valence-corrected chi connectivity index (χ0v) is 13.1. The zero-order valence-electron chi connectivity index (χ0n) is 13.1. The minimum Gasteiger partial charge on any atom is -0.346 e. The normalized spacial score (nSPS) is 18.0. The van der Waals surface area contributed by atoms with Gasteiger partial charge < -0.3 is 10.2 Å². The van der Waals surface area contributed by atoms with Crippen LogP contribution in [-0.2, 0) is 6.18 Å². The van der Waals surface area contributed by atoms with Gasteiger partial charge in [0.15, 0.2) is 0 Å². The lowest BCUT2D eigenvalue weighted by Crippen LogP contribution is -2.48. The Morgan fingerprint density at radius 2 is 2.08 bits per heavy atom. The monoisotopic (exact) mass is 352 g/mol. The fourth-order valence-electron chi connectivity index (χ4n) is 2.62. The Morgan fingerprint density at radius 1 is 1.24 bits per heavy atom. The van der Waals surface area contributed by atoms with Crippen LogP contribution in [-0.4, -0.2) is 45.0 Å². The highest BCUT2D eigenvalue weighted by Gasteiger charge is 2.33.